The maximum absolute atomic E-state index is 13.2. The van der Waals surface area contributed by atoms with Crippen molar-refractivity contribution in [3.05, 3.63) is 75.0 Å². The van der Waals surface area contributed by atoms with E-state index in [9.17, 15) is 14.7 Å². The van der Waals surface area contributed by atoms with Gasteiger partial charge in [-0.3, -0.25) is 9.59 Å². The zero-order chi connectivity index (χ0) is 25.1. The third kappa shape index (κ3) is 4.92. The predicted molar refractivity (Wildman–Crippen MR) is 133 cm³/mol. The molecule has 0 unspecified atom stereocenters. The Kier molecular flexibility index (Phi) is 6.90. The lowest BCUT2D eigenvalue weighted by molar-refractivity contribution is 0.0125. The molecule has 2 aliphatic rings. The van der Waals surface area contributed by atoms with Crippen LogP contribution in [0.4, 0.5) is 0 Å². The van der Waals surface area contributed by atoms with Crippen molar-refractivity contribution in [2.24, 2.45) is 0 Å². The summed E-state index contributed by atoms with van der Waals surface area (Å²) in [7, 11) is 0. The number of aromatic amines is 1. The van der Waals surface area contributed by atoms with Gasteiger partial charge in [0, 0.05) is 24.9 Å². The first-order valence-electron chi connectivity index (χ1n) is 11.8. The molecule has 0 spiro atoms. The zero-order valence-electron chi connectivity index (χ0n) is 19.5. The molecule has 0 atom stereocenters. The van der Waals surface area contributed by atoms with Gasteiger partial charge < -0.3 is 24.9 Å². The topological polar surface area (TPSA) is 131 Å². The van der Waals surface area contributed by atoms with E-state index in [1.165, 1.54) is 10.6 Å². The second kappa shape index (κ2) is 10.3. The van der Waals surface area contributed by atoms with E-state index in [2.05, 4.69) is 20.4 Å². The van der Waals surface area contributed by atoms with Gasteiger partial charge in [0.25, 0.3) is 11.5 Å². The molecule has 11 heteroatoms. The van der Waals surface area contributed by atoms with Crippen LogP contribution in [0.25, 0.3) is 11.4 Å². The Bertz CT molecular complexity index is 1400. The third-order valence-electron chi connectivity index (χ3n) is 6.36. The first-order valence-corrected chi connectivity index (χ1v) is 12.1. The second-order valence-corrected chi connectivity index (χ2v) is 9.26. The van der Waals surface area contributed by atoms with Crippen molar-refractivity contribution in [1.82, 2.24) is 24.9 Å². The molecule has 1 aliphatic carbocycles. The minimum atomic E-state index is -0.781. The molecular weight excluding hydrogens is 486 g/mol. The fraction of sp³-hybridized carbons (Fsp3) is 0.360. The van der Waals surface area contributed by atoms with Crippen molar-refractivity contribution < 1.29 is 19.4 Å². The van der Waals surface area contributed by atoms with Crippen molar-refractivity contribution in [3.8, 4) is 5.75 Å². The highest BCUT2D eigenvalue weighted by Gasteiger charge is 2.35. The maximum Gasteiger partial charge on any atom is 0.276 e. The number of allylic oxidation sites excluding steroid dienone is 4. The molecule has 5 rings (SSSR count). The van der Waals surface area contributed by atoms with E-state index >= 15 is 0 Å². The van der Waals surface area contributed by atoms with Crippen LogP contribution in [-0.2, 0) is 11.3 Å². The fourth-order valence-electron chi connectivity index (χ4n) is 4.30. The molecular formula is C25H26ClN5O5. The van der Waals surface area contributed by atoms with Crippen LogP contribution in [0, 0.1) is 0 Å². The first kappa shape index (κ1) is 24.2. The van der Waals surface area contributed by atoms with E-state index in [1.54, 1.807) is 18.2 Å². The highest BCUT2D eigenvalue weighted by atomic mass is 35.5. The quantitative estimate of drug-likeness (QED) is 0.444. The van der Waals surface area contributed by atoms with Crippen LogP contribution in [0.1, 0.15) is 47.6 Å². The Morgan fingerprint density at radius 3 is 2.89 bits per heavy atom. The number of carbonyl (C=O) groups excluding carboxylic acids is 1. The molecule has 3 heterocycles. The lowest BCUT2D eigenvalue weighted by Crippen LogP contribution is -2.54. The summed E-state index contributed by atoms with van der Waals surface area (Å²) in [5, 5.41) is 17.4. The molecule has 0 bridgehead atoms. The van der Waals surface area contributed by atoms with Gasteiger partial charge in [0.1, 0.15) is 12.4 Å². The van der Waals surface area contributed by atoms with Crippen molar-refractivity contribution in [1.29, 1.82) is 0 Å². The summed E-state index contributed by atoms with van der Waals surface area (Å²) in [4.78, 5) is 33.4. The summed E-state index contributed by atoms with van der Waals surface area (Å²) in [6.45, 7) is 0.647. The number of hydrogen-bond donors (Lipinski definition) is 3. The number of aromatic nitrogens is 4. The number of hydrogen-bond acceptors (Lipinski definition) is 7. The number of carbonyl (C=O) groups is 1. The van der Waals surface area contributed by atoms with Crippen molar-refractivity contribution in [3.63, 3.8) is 0 Å². The Morgan fingerprint density at radius 1 is 1.31 bits per heavy atom. The average molecular weight is 512 g/mol. The molecule has 0 saturated carbocycles. The number of H-pyrrole nitrogens is 1. The summed E-state index contributed by atoms with van der Waals surface area (Å²) >= 11 is 6.37. The summed E-state index contributed by atoms with van der Waals surface area (Å²) < 4.78 is 12.5. The number of fused-ring (bicyclic) bond motifs is 1. The number of halogens is 1. The number of aliphatic hydroxyl groups is 1. The monoisotopic (exact) mass is 511 g/mol. The summed E-state index contributed by atoms with van der Waals surface area (Å²) in [5.41, 5.74) is 0.353. The van der Waals surface area contributed by atoms with Gasteiger partial charge in [-0.1, -0.05) is 35.9 Å². The van der Waals surface area contributed by atoms with E-state index in [4.69, 9.17) is 21.1 Å². The normalized spacial score (nSPS) is 17.1. The molecule has 0 radical (unpaired) electrons. The summed E-state index contributed by atoms with van der Waals surface area (Å²) in [5.74, 6) is 0.563. The largest absolute Gasteiger partial charge is 0.486 e. The van der Waals surface area contributed by atoms with E-state index in [-0.39, 0.29) is 35.1 Å². The lowest BCUT2D eigenvalue weighted by Gasteiger charge is -2.36. The van der Waals surface area contributed by atoms with Gasteiger partial charge in [0.2, 0.25) is 5.78 Å². The molecule has 2 aromatic heterocycles. The Hall–Kier alpha value is -3.47. The zero-order valence-corrected chi connectivity index (χ0v) is 20.3. The smallest absolute Gasteiger partial charge is 0.276 e. The van der Waals surface area contributed by atoms with Crippen LogP contribution >= 0.6 is 11.6 Å². The summed E-state index contributed by atoms with van der Waals surface area (Å²) in [6, 6.07) is 6.28. The molecule has 1 amide bonds. The van der Waals surface area contributed by atoms with Crippen molar-refractivity contribution in [2.45, 2.75) is 37.8 Å². The lowest BCUT2D eigenvalue weighted by atomic mass is 9.90. The standard InChI is InChI=1S/C25H26ClN5O5/c26-18-7-4-8-19(21(18)23(34)29-25(15-32)9-11-35-12-10-25)36-14-17-13-20(33)31-24(27-17)28-22(30-31)16-5-2-1-3-6-16/h2,4-8,13,32H,1,3,9-12,14-15H2,(H,29,34)(H,27,28,30). The highest BCUT2D eigenvalue weighted by molar-refractivity contribution is 6.34. The van der Waals surface area contributed by atoms with Crippen LogP contribution in [0.15, 0.2) is 47.3 Å². The van der Waals surface area contributed by atoms with Gasteiger partial charge in [0.15, 0.2) is 5.82 Å². The molecule has 1 aromatic carbocycles. The minimum Gasteiger partial charge on any atom is -0.486 e. The SMILES string of the molecule is O=C(NC1(CO)CCOCC1)c1c(Cl)cccc1OCc1cc(=O)n2nc(C3=CCCC=C3)nc2[nH]1. The van der Waals surface area contributed by atoms with Crippen LogP contribution < -0.4 is 15.6 Å². The highest BCUT2D eigenvalue weighted by Crippen LogP contribution is 2.29. The van der Waals surface area contributed by atoms with Gasteiger partial charge in [-0.2, -0.15) is 9.50 Å². The third-order valence-corrected chi connectivity index (χ3v) is 6.67. The maximum atomic E-state index is 13.2. The molecule has 3 N–H and O–H groups in total. The number of benzene rings is 1. The Labute approximate surface area is 211 Å². The van der Waals surface area contributed by atoms with Crippen LogP contribution in [0.2, 0.25) is 5.02 Å². The number of nitrogens with zero attached hydrogens (tertiary/aromatic N) is 3. The van der Waals surface area contributed by atoms with Crippen molar-refractivity contribution in [2.75, 3.05) is 19.8 Å². The number of nitrogens with one attached hydrogen (secondary N) is 2. The average Bonchev–Trinajstić information content (AvgIpc) is 3.33. The van der Waals surface area contributed by atoms with Crippen LogP contribution in [0.5, 0.6) is 5.75 Å². The van der Waals surface area contributed by atoms with Crippen LogP contribution in [-0.4, -0.2) is 56.0 Å². The first-order chi connectivity index (χ1) is 17.5. The van der Waals surface area contributed by atoms with Gasteiger partial charge >= 0.3 is 0 Å². The molecule has 1 saturated heterocycles. The van der Waals surface area contributed by atoms with E-state index in [0.29, 0.717) is 43.4 Å². The molecule has 3 aromatic rings. The second-order valence-electron chi connectivity index (χ2n) is 8.85. The van der Waals surface area contributed by atoms with E-state index < -0.39 is 11.4 Å². The number of rotatable bonds is 7. The fourth-order valence-corrected chi connectivity index (χ4v) is 4.56. The van der Waals surface area contributed by atoms with Crippen LogP contribution in [0.3, 0.4) is 0 Å². The number of aliphatic hydroxyl groups excluding tert-OH is 1. The number of amides is 1. The number of ether oxygens (including phenoxy) is 2. The Balaban J connectivity index is 1.37. The van der Waals surface area contributed by atoms with E-state index in [1.807, 2.05) is 18.2 Å². The van der Waals surface area contributed by atoms with Gasteiger partial charge in [-0.15, -0.1) is 5.10 Å². The summed E-state index contributed by atoms with van der Waals surface area (Å²) in [6.07, 6.45) is 8.88. The Morgan fingerprint density at radius 2 is 2.14 bits per heavy atom. The van der Waals surface area contributed by atoms with Gasteiger partial charge in [0.05, 0.1) is 28.4 Å². The molecule has 1 aliphatic heterocycles. The van der Waals surface area contributed by atoms with E-state index in [0.717, 1.165) is 18.4 Å². The minimum absolute atomic E-state index is 0.0316. The van der Waals surface area contributed by atoms with Gasteiger partial charge in [-0.25, -0.2) is 0 Å². The molecule has 10 nitrogen and oxygen atoms in total. The molecule has 1 fully saturated rings. The van der Waals surface area contributed by atoms with Crippen molar-refractivity contribution >= 4 is 28.9 Å². The molecule has 36 heavy (non-hydrogen) atoms. The predicted octanol–water partition coefficient (Wildman–Crippen LogP) is 2.65. The molecule has 188 valence electrons. The van der Waals surface area contributed by atoms with Gasteiger partial charge in [-0.05, 0) is 37.8 Å².